The Bertz CT molecular complexity index is 438. The van der Waals surface area contributed by atoms with Gasteiger partial charge in [0, 0.05) is 25.9 Å². The van der Waals surface area contributed by atoms with Gasteiger partial charge in [-0.15, -0.1) is 24.0 Å². The van der Waals surface area contributed by atoms with Crippen LogP contribution in [-0.2, 0) is 6.54 Å². The molecule has 132 valence electrons. The minimum atomic E-state index is 0. The van der Waals surface area contributed by atoms with Crippen molar-refractivity contribution >= 4 is 29.9 Å². The highest BCUT2D eigenvalue weighted by Crippen LogP contribution is 2.38. The van der Waals surface area contributed by atoms with Crippen molar-refractivity contribution in [3.8, 4) is 0 Å². The average molecular weight is 435 g/mol. The van der Waals surface area contributed by atoms with Crippen LogP contribution in [0, 0.1) is 5.41 Å². The molecule has 0 radical (unpaired) electrons. The van der Waals surface area contributed by atoms with Crippen LogP contribution in [0.2, 0.25) is 0 Å². The second kappa shape index (κ2) is 10.9. The monoisotopic (exact) mass is 435 g/mol. The van der Waals surface area contributed by atoms with Crippen molar-refractivity contribution in [2.75, 3.05) is 19.7 Å². The molecule has 1 aliphatic carbocycles. The number of aromatic amines is 1. The van der Waals surface area contributed by atoms with Gasteiger partial charge in [0.15, 0.2) is 5.96 Å². The number of nitrogens with one attached hydrogen (secondary N) is 3. The summed E-state index contributed by atoms with van der Waals surface area (Å²) in [4.78, 5) is 4.59. The predicted molar refractivity (Wildman–Crippen MR) is 104 cm³/mol. The molecule has 0 aliphatic heterocycles. The van der Waals surface area contributed by atoms with Crippen LogP contribution < -0.4 is 10.6 Å². The second-order valence-electron chi connectivity index (χ2n) is 6.16. The van der Waals surface area contributed by atoms with Gasteiger partial charge in [0.1, 0.15) is 0 Å². The van der Waals surface area contributed by atoms with Crippen LogP contribution in [0.1, 0.15) is 51.1 Å². The van der Waals surface area contributed by atoms with Gasteiger partial charge in [-0.1, -0.05) is 19.3 Å². The topological polar surface area (TPSA) is 85.3 Å². The Kier molecular flexibility index (Phi) is 9.54. The Morgan fingerprint density at radius 1 is 1.35 bits per heavy atom. The van der Waals surface area contributed by atoms with Gasteiger partial charge in [-0.3, -0.25) is 5.10 Å². The number of aliphatic hydroxyl groups is 1. The number of rotatable bonds is 7. The van der Waals surface area contributed by atoms with Crippen LogP contribution in [0.4, 0.5) is 0 Å². The highest BCUT2D eigenvalue weighted by atomic mass is 127. The maximum atomic E-state index is 9.40. The van der Waals surface area contributed by atoms with E-state index < -0.39 is 0 Å². The summed E-state index contributed by atoms with van der Waals surface area (Å²) in [5, 5.41) is 23.0. The zero-order valence-electron chi connectivity index (χ0n) is 14.0. The number of halogens is 1. The quantitative estimate of drug-likeness (QED) is 0.301. The number of nitrogens with zero attached hydrogens (tertiary/aromatic N) is 2. The minimum Gasteiger partial charge on any atom is -0.396 e. The molecule has 0 unspecified atom stereocenters. The maximum Gasteiger partial charge on any atom is 0.191 e. The lowest BCUT2D eigenvalue weighted by Crippen LogP contribution is -2.44. The Hall–Kier alpha value is -0.830. The molecule has 0 aromatic carbocycles. The summed E-state index contributed by atoms with van der Waals surface area (Å²) < 4.78 is 0. The molecule has 1 aromatic heterocycles. The Morgan fingerprint density at radius 3 is 2.74 bits per heavy atom. The Balaban J connectivity index is 0.00000264. The van der Waals surface area contributed by atoms with Crippen LogP contribution in [0.15, 0.2) is 17.3 Å². The van der Waals surface area contributed by atoms with E-state index in [1.165, 1.54) is 32.1 Å². The molecule has 1 aliphatic rings. The zero-order valence-corrected chi connectivity index (χ0v) is 16.3. The summed E-state index contributed by atoms with van der Waals surface area (Å²) >= 11 is 0. The normalized spacial score (nSPS) is 17.4. The van der Waals surface area contributed by atoms with E-state index in [0.29, 0.717) is 6.54 Å². The van der Waals surface area contributed by atoms with Crippen LogP contribution >= 0.6 is 24.0 Å². The number of H-pyrrole nitrogens is 1. The van der Waals surface area contributed by atoms with Crippen molar-refractivity contribution in [3.63, 3.8) is 0 Å². The van der Waals surface area contributed by atoms with Crippen molar-refractivity contribution in [1.82, 2.24) is 20.8 Å². The molecule has 1 aromatic rings. The van der Waals surface area contributed by atoms with Gasteiger partial charge in [-0.2, -0.15) is 5.10 Å². The van der Waals surface area contributed by atoms with Crippen molar-refractivity contribution in [2.45, 2.75) is 52.0 Å². The van der Waals surface area contributed by atoms with E-state index in [4.69, 9.17) is 0 Å². The van der Waals surface area contributed by atoms with E-state index in [9.17, 15) is 5.11 Å². The molecule has 0 saturated heterocycles. The van der Waals surface area contributed by atoms with Crippen molar-refractivity contribution < 1.29 is 5.11 Å². The van der Waals surface area contributed by atoms with E-state index in [0.717, 1.165) is 31.2 Å². The number of hydrogen-bond donors (Lipinski definition) is 4. The minimum absolute atomic E-state index is 0. The summed E-state index contributed by atoms with van der Waals surface area (Å²) in [5.74, 6) is 0.833. The first-order valence-electron chi connectivity index (χ1n) is 8.39. The first kappa shape index (κ1) is 20.2. The third kappa shape index (κ3) is 6.66. The summed E-state index contributed by atoms with van der Waals surface area (Å²) in [6.07, 6.45) is 8.86. The van der Waals surface area contributed by atoms with Crippen LogP contribution in [0.25, 0.3) is 0 Å². The number of aliphatic hydroxyl groups excluding tert-OH is 1. The summed E-state index contributed by atoms with van der Waals surface area (Å²) in [5.41, 5.74) is 1.22. The lowest BCUT2D eigenvalue weighted by Gasteiger charge is -2.37. The predicted octanol–water partition coefficient (Wildman–Crippen LogP) is 2.42. The maximum absolute atomic E-state index is 9.40. The first-order chi connectivity index (χ1) is 10.8. The molecule has 0 atom stereocenters. The fraction of sp³-hybridized carbons (Fsp3) is 0.750. The number of hydrogen-bond acceptors (Lipinski definition) is 3. The molecule has 2 rings (SSSR count). The number of aliphatic imine (C=N–C) groups is 1. The first-order valence-corrected chi connectivity index (χ1v) is 8.39. The molecule has 0 amide bonds. The van der Waals surface area contributed by atoms with Crippen LogP contribution in [0.3, 0.4) is 0 Å². The van der Waals surface area contributed by atoms with Gasteiger partial charge in [-0.25, -0.2) is 4.99 Å². The molecule has 0 spiro atoms. The molecule has 6 nitrogen and oxygen atoms in total. The molecule has 7 heteroatoms. The van der Waals surface area contributed by atoms with Crippen molar-refractivity contribution in [1.29, 1.82) is 0 Å². The third-order valence-electron chi connectivity index (χ3n) is 4.50. The zero-order chi connectivity index (χ0) is 15.7. The van der Waals surface area contributed by atoms with E-state index in [1.54, 1.807) is 6.20 Å². The molecular weight excluding hydrogens is 405 g/mol. The number of aromatic nitrogens is 2. The smallest absolute Gasteiger partial charge is 0.191 e. The Labute approximate surface area is 156 Å². The highest BCUT2D eigenvalue weighted by molar-refractivity contribution is 14.0. The van der Waals surface area contributed by atoms with Gasteiger partial charge in [0.2, 0.25) is 0 Å². The molecule has 1 saturated carbocycles. The van der Waals surface area contributed by atoms with Gasteiger partial charge >= 0.3 is 0 Å². The third-order valence-corrected chi connectivity index (χ3v) is 4.50. The molecule has 1 fully saturated rings. The molecule has 23 heavy (non-hydrogen) atoms. The largest absolute Gasteiger partial charge is 0.396 e. The lowest BCUT2D eigenvalue weighted by molar-refractivity contribution is 0.131. The lowest BCUT2D eigenvalue weighted by atomic mass is 9.72. The van der Waals surface area contributed by atoms with Gasteiger partial charge < -0.3 is 15.7 Å². The van der Waals surface area contributed by atoms with Gasteiger partial charge in [0.05, 0.1) is 12.2 Å². The molecule has 4 N–H and O–H groups in total. The van der Waals surface area contributed by atoms with Crippen molar-refractivity contribution in [3.05, 3.63) is 18.0 Å². The van der Waals surface area contributed by atoms with Gasteiger partial charge in [-0.05, 0) is 37.7 Å². The standard InChI is InChI=1S/C16H29N5O.HI/c1-2-17-15(18-12-14-6-10-20-21-14)19-13-16(9-11-22)7-4-3-5-8-16;/h6,10,22H,2-5,7-9,11-13H2,1H3,(H,20,21)(H2,17,18,19);1H. The summed E-state index contributed by atoms with van der Waals surface area (Å²) in [6.45, 7) is 4.63. The van der Waals surface area contributed by atoms with Gasteiger partial charge in [0.25, 0.3) is 0 Å². The SMILES string of the molecule is CCNC(=NCc1ccn[nH]1)NCC1(CCO)CCCCC1.I. The summed E-state index contributed by atoms with van der Waals surface area (Å²) in [7, 11) is 0. The Morgan fingerprint density at radius 2 is 2.13 bits per heavy atom. The molecule has 0 bridgehead atoms. The number of guanidine groups is 1. The summed E-state index contributed by atoms with van der Waals surface area (Å²) in [6, 6.07) is 1.93. The molecule has 1 heterocycles. The van der Waals surface area contributed by atoms with Crippen molar-refractivity contribution in [2.24, 2.45) is 10.4 Å². The van der Waals surface area contributed by atoms with E-state index in [-0.39, 0.29) is 36.0 Å². The van der Waals surface area contributed by atoms with E-state index >= 15 is 0 Å². The fourth-order valence-corrected chi connectivity index (χ4v) is 3.20. The van der Waals surface area contributed by atoms with E-state index in [2.05, 4.69) is 32.7 Å². The molecular formula is C16H30IN5O. The fourth-order valence-electron chi connectivity index (χ4n) is 3.20. The average Bonchev–Trinajstić information content (AvgIpc) is 3.05. The second-order valence-corrected chi connectivity index (χ2v) is 6.16. The van der Waals surface area contributed by atoms with Crippen LogP contribution in [-0.4, -0.2) is 41.0 Å². The highest BCUT2D eigenvalue weighted by Gasteiger charge is 2.31. The van der Waals surface area contributed by atoms with E-state index in [1.807, 2.05) is 6.07 Å². The van der Waals surface area contributed by atoms with Crippen LogP contribution in [0.5, 0.6) is 0 Å².